The lowest BCUT2D eigenvalue weighted by Gasteiger charge is -2.30. The van der Waals surface area contributed by atoms with Crippen LogP contribution in [0.2, 0.25) is 0 Å². The van der Waals surface area contributed by atoms with Gasteiger partial charge in [-0.2, -0.15) is 14.4 Å². The molecule has 3 rings (SSSR count). The summed E-state index contributed by atoms with van der Waals surface area (Å²) in [7, 11) is 1.49. The van der Waals surface area contributed by atoms with Crippen molar-refractivity contribution in [3.8, 4) is 12.3 Å². The molecule has 2 aromatic rings. The number of carbonyl (C=O) groups excluding carboxylic acids is 1. The highest BCUT2D eigenvalue weighted by atomic mass is 19.1. The summed E-state index contributed by atoms with van der Waals surface area (Å²) in [6, 6.07) is 0. The molecule has 1 saturated carbocycles. The minimum absolute atomic E-state index is 0.0276. The Labute approximate surface area is 194 Å². The zero-order valence-corrected chi connectivity index (χ0v) is 19.6. The number of aromatic nitrogens is 4. The molecule has 1 atom stereocenters. The molecule has 33 heavy (non-hydrogen) atoms. The van der Waals surface area contributed by atoms with Crippen LogP contribution in [-0.4, -0.2) is 44.8 Å². The van der Waals surface area contributed by atoms with Crippen molar-refractivity contribution in [2.45, 2.75) is 76.9 Å². The topological polar surface area (TPSA) is 105 Å². The number of fused-ring (bicyclic) bond motifs is 1. The summed E-state index contributed by atoms with van der Waals surface area (Å²) in [6.07, 6.45) is 15.5. The second-order valence-electron chi connectivity index (χ2n) is 8.90. The van der Waals surface area contributed by atoms with Crippen molar-refractivity contribution in [2.75, 3.05) is 19.5 Å². The normalized spacial score (nSPS) is 20.3. The van der Waals surface area contributed by atoms with Crippen molar-refractivity contribution in [1.82, 2.24) is 19.5 Å². The van der Waals surface area contributed by atoms with Gasteiger partial charge < -0.3 is 19.8 Å². The van der Waals surface area contributed by atoms with Gasteiger partial charge in [0.1, 0.15) is 12.1 Å². The summed E-state index contributed by atoms with van der Waals surface area (Å²) in [5.41, 5.74) is 5.19. The van der Waals surface area contributed by atoms with Gasteiger partial charge in [0.15, 0.2) is 17.1 Å². The first-order valence-electron chi connectivity index (χ1n) is 11.7. The molecule has 180 valence electrons. The van der Waals surface area contributed by atoms with Gasteiger partial charge in [-0.05, 0) is 31.6 Å². The molecule has 0 saturated heterocycles. The van der Waals surface area contributed by atoms with Crippen molar-refractivity contribution in [3.05, 3.63) is 12.4 Å². The fourth-order valence-electron chi connectivity index (χ4n) is 4.48. The highest BCUT2D eigenvalue weighted by Gasteiger charge is 2.33. The number of terminal acetylenes is 1. The molecule has 8 nitrogen and oxygen atoms in total. The fraction of sp³-hybridized carbons (Fsp3) is 0.667. The SMILES string of the molecule is C#CC(CCn1cnc2c(N)nc(F)nc21)(COC(=O)C1CCC(CCCCC)CC1)OC. The Morgan fingerprint density at radius 1 is 1.33 bits per heavy atom. The number of methoxy groups -OCH3 is 1. The summed E-state index contributed by atoms with van der Waals surface area (Å²) in [5, 5.41) is 0. The molecule has 9 heteroatoms. The number of ether oxygens (including phenoxy) is 2. The van der Waals surface area contributed by atoms with Crippen LogP contribution in [0.3, 0.4) is 0 Å². The molecule has 1 aliphatic rings. The third-order valence-electron chi connectivity index (χ3n) is 6.72. The van der Waals surface area contributed by atoms with Crippen LogP contribution < -0.4 is 5.73 Å². The average Bonchev–Trinajstić information content (AvgIpc) is 3.23. The first-order chi connectivity index (χ1) is 15.9. The Hall–Kier alpha value is -2.73. The molecule has 0 aliphatic heterocycles. The quantitative estimate of drug-likeness (QED) is 0.235. The first kappa shape index (κ1) is 24.9. The number of nitrogens with zero attached hydrogens (tertiary/aromatic N) is 4. The number of imidazole rings is 1. The van der Waals surface area contributed by atoms with E-state index in [-0.39, 0.29) is 30.0 Å². The van der Waals surface area contributed by atoms with Crippen molar-refractivity contribution in [3.63, 3.8) is 0 Å². The smallest absolute Gasteiger partial charge is 0.312 e. The number of rotatable bonds is 11. The third-order valence-corrected chi connectivity index (χ3v) is 6.72. The minimum atomic E-state index is -1.11. The molecule has 0 bridgehead atoms. The van der Waals surface area contributed by atoms with Crippen LogP contribution in [-0.2, 0) is 20.8 Å². The van der Waals surface area contributed by atoms with E-state index in [9.17, 15) is 9.18 Å². The molecule has 0 spiro atoms. The summed E-state index contributed by atoms with van der Waals surface area (Å²) in [6.45, 7) is 2.49. The summed E-state index contributed by atoms with van der Waals surface area (Å²) >= 11 is 0. The van der Waals surface area contributed by atoms with E-state index in [0.717, 1.165) is 31.6 Å². The zero-order valence-electron chi connectivity index (χ0n) is 19.6. The summed E-state index contributed by atoms with van der Waals surface area (Å²) < 4.78 is 26.4. The summed E-state index contributed by atoms with van der Waals surface area (Å²) in [4.78, 5) is 24.1. The lowest BCUT2D eigenvalue weighted by Crippen LogP contribution is -2.38. The standard InChI is InChI=1S/C24H34FN5O3/c1-4-6-7-8-17-9-11-18(12-10-17)22(31)33-15-24(5-2,32-3)13-14-30-16-27-19-20(26)28-23(25)29-21(19)30/h2,16-18H,4,6-15H2,1,3H3,(H2,26,28,29). The van der Waals surface area contributed by atoms with E-state index in [1.807, 2.05) is 0 Å². The molecular formula is C24H34FN5O3. The first-order valence-corrected chi connectivity index (χ1v) is 11.7. The van der Waals surface area contributed by atoms with Gasteiger partial charge >= 0.3 is 12.0 Å². The molecule has 2 N–H and O–H groups in total. The van der Waals surface area contributed by atoms with E-state index in [1.54, 1.807) is 4.57 Å². The van der Waals surface area contributed by atoms with Gasteiger partial charge in [0.25, 0.3) is 0 Å². The van der Waals surface area contributed by atoms with Crippen molar-refractivity contribution in [1.29, 1.82) is 0 Å². The number of hydrogen-bond acceptors (Lipinski definition) is 7. The highest BCUT2D eigenvalue weighted by Crippen LogP contribution is 2.33. The number of esters is 1. The van der Waals surface area contributed by atoms with Gasteiger partial charge in [0, 0.05) is 20.1 Å². The maximum Gasteiger partial charge on any atom is 0.312 e. The number of nitrogens with two attached hydrogens (primary N) is 1. The number of halogens is 1. The Morgan fingerprint density at radius 2 is 2.09 bits per heavy atom. The molecule has 2 heterocycles. The predicted molar refractivity (Wildman–Crippen MR) is 123 cm³/mol. The Bertz CT molecular complexity index is 980. The fourth-order valence-corrected chi connectivity index (χ4v) is 4.48. The van der Waals surface area contributed by atoms with E-state index >= 15 is 0 Å². The number of nitrogen functional groups attached to an aromatic ring is 1. The van der Waals surface area contributed by atoms with Crippen LogP contribution in [0.15, 0.2) is 6.33 Å². The van der Waals surface area contributed by atoms with Gasteiger partial charge in [-0.15, -0.1) is 6.42 Å². The number of carbonyl (C=O) groups is 1. The lowest BCUT2D eigenvalue weighted by atomic mass is 9.80. The summed E-state index contributed by atoms with van der Waals surface area (Å²) in [5.74, 6) is 3.02. The molecule has 2 aromatic heterocycles. The van der Waals surface area contributed by atoms with Crippen LogP contribution in [0.1, 0.15) is 64.7 Å². The van der Waals surface area contributed by atoms with E-state index in [2.05, 4.69) is 27.8 Å². The van der Waals surface area contributed by atoms with Gasteiger partial charge in [-0.3, -0.25) is 4.79 Å². The second-order valence-corrected chi connectivity index (χ2v) is 8.90. The zero-order chi connectivity index (χ0) is 23.8. The van der Waals surface area contributed by atoms with E-state index in [0.29, 0.717) is 18.5 Å². The monoisotopic (exact) mass is 459 g/mol. The molecular weight excluding hydrogens is 425 g/mol. The number of unbranched alkanes of at least 4 members (excludes halogenated alkanes) is 2. The van der Waals surface area contributed by atoms with Crippen LogP contribution in [0, 0.1) is 30.3 Å². The maximum atomic E-state index is 13.6. The van der Waals surface area contributed by atoms with Crippen LogP contribution in [0.25, 0.3) is 11.2 Å². The Balaban J connectivity index is 1.54. The molecule has 1 fully saturated rings. The van der Waals surface area contributed by atoms with E-state index in [1.165, 1.54) is 39.1 Å². The van der Waals surface area contributed by atoms with Crippen molar-refractivity contribution < 1.29 is 18.7 Å². The third kappa shape index (κ3) is 6.20. The van der Waals surface area contributed by atoms with E-state index in [4.69, 9.17) is 21.6 Å². The van der Waals surface area contributed by atoms with Crippen molar-refractivity contribution in [2.24, 2.45) is 11.8 Å². The van der Waals surface area contributed by atoms with E-state index < -0.39 is 11.7 Å². The predicted octanol–water partition coefficient (Wildman–Crippen LogP) is 3.89. The molecule has 0 aromatic carbocycles. The number of anilines is 1. The molecule has 0 radical (unpaired) electrons. The highest BCUT2D eigenvalue weighted by molar-refractivity contribution is 5.81. The van der Waals surface area contributed by atoms with Gasteiger partial charge in [0.2, 0.25) is 0 Å². The molecule has 1 aliphatic carbocycles. The van der Waals surface area contributed by atoms with Crippen LogP contribution in [0.4, 0.5) is 10.2 Å². The van der Waals surface area contributed by atoms with Crippen LogP contribution >= 0.6 is 0 Å². The number of hydrogen-bond donors (Lipinski definition) is 1. The van der Waals surface area contributed by atoms with Crippen molar-refractivity contribution >= 4 is 23.0 Å². The van der Waals surface area contributed by atoms with Gasteiger partial charge in [-0.25, -0.2) is 4.98 Å². The Kier molecular flexibility index (Phi) is 8.61. The Morgan fingerprint density at radius 3 is 2.76 bits per heavy atom. The van der Waals surface area contributed by atoms with Crippen LogP contribution in [0.5, 0.6) is 0 Å². The number of aryl methyl sites for hydroxylation is 1. The average molecular weight is 460 g/mol. The molecule has 1 unspecified atom stereocenters. The maximum absolute atomic E-state index is 13.6. The second kappa shape index (κ2) is 11.4. The molecule has 0 amide bonds. The van der Waals surface area contributed by atoms with Gasteiger partial charge in [-0.1, -0.05) is 38.5 Å². The van der Waals surface area contributed by atoms with Gasteiger partial charge in [0.05, 0.1) is 12.2 Å². The minimum Gasteiger partial charge on any atom is -0.461 e. The largest absolute Gasteiger partial charge is 0.461 e. The lowest BCUT2D eigenvalue weighted by molar-refractivity contribution is -0.156.